The van der Waals surface area contributed by atoms with E-state index in [2.05, 4.69) is 10.6 Å². The Balaban J connectivity index is 2.39. The molecule has 0 unspecified atom stereocenters. The van der Waals surface area contributed by atoms with E-state index in [1.165, 1.54) is 6.21 Å². The van der Waals surface area contributed by atoms with Crippen molar-refractivity contribution in [2.24, 2.45) is 0 Å². The lowest BCUT2D eigenvalue weighted by atomic mass is 10.3. The zero-order chi connectivity index (χ0) is 6.53. The molecule has 3 heteroatoms. The molecule has 0 aromatic carbocycles. The Kier molecular flexibility index (Phi) is 2.27. The molecule has 1 fully saturated rings. The van der Waals surface area contributed by atoms with E-state index in [0.29, 0.717) is 0 Å². The minimum Gasteiger partial charge on any atom is -0.386 e. The Morgan fingerprint density at radius 1 is 1.44 bits per heavy atom. The monoisotopic (exact) mass is 125 g/mol. The van der Waals surface area contributed by atoms with Crippen LogP contribution < -0.4 is 10.6 Å². The highest BCUT2D eigenvalue weighted by atomic mass is 15.0. The fourth-order valence-corrected chi connectivity index (χ4v) is 0.815. The second-order valence-electron chi connectivity index (χ2n) is 1.96. The van der Waals surface area contributed by atoms with Crippen molar-refractivity contribution in [1.29, 1.82) is 5.41 Å². The third-order valence-corrected chi connectivity index (χ3v) is 1.25. The van der Waals surface area contributed by atoms with Gasteiger partial charge in [-0.3, -0.25) is 0 Å². The van der Waals surface area contributed by atoms with Crippen LogP contribution in [0.15, 0.2) is 11.8 Å². The molecule has 1 aliphatic rings. The van der Waals surface area contributed by atoms with Crippen LogP contribution in [0.1, 0.15) is 0 Å². The Morgan fingerprint density at radius 2 is 2.33 bits per heavy atom. The summed E-state index contributed by atoms with van der Waals surface area (Å²) in [5, 5.41) is 13.1. The summed E-state index contributed by atoms with van der Waals surface area (Å²) in [5.74, 6) is 0. The van der Waals surface area contributed by atoms with E-state index in [1.54, 1.807) is 6.08 Å². The van der Waals surface area contributed by atoms with Gasteiger partial charge in [-0.2, -0.15) is 0 Å². The predicted molar refractivity (Wildman–Crippen MR) is 37.7 cm³/mol. The Labute approximate surface area is 54.7 Å². The summed E-state index contributed by atoms with van der Waals surface area (Å²) in [4.78, 5) is 0. The van der Waals surface area contributed by atoms with Gasteiger partial charge in [-0.05, 0) is 6.08 Å². The highest BCUT2D eigenvalue weighted by molar-refractivity contribution is 5.68. The summed E-state index contributed by atoms with van der Waals surface area (Å²) < 4.78 is 0. The standard InChI is InChI=1S/C6H11N3/c7-2-1-6-5-8-3-4-9-6/h1-2,7-9H,3-5H2/b6-1-,7-2?. The minimum atomic E-state index is 0.870. The van der Waals surface area contributed by atoms with Gasteiger partial charge in [0.05, 0.1) is 0 Å². The Bertz CT molecular complexity index is 120. The topological polar surface area (TPSA) is 47.9 Å². The molecule has 0 spiro atoms. The summed E-state index contributed by atoms with van der Waals surface area (Å²) >= 11 is 0. The van der Waals surface area contributed by atoms with Crippen LogP contribution in [0, 0.1) is 5.41 Å². The molecule has 0 bridgehead atoms. The van der Waals surface area contributed by atoms with Gasteiger partial charge in [-0.25, -0.2) is 0 Å². The number of hydrogen-bond donors (Lipinski definition) is 3. The molecule has 0 amide bonds. The first-order valence-corrected chi connectivity index (χ1v) is 3.07. The minimum absolute atomic E-state index is 0.870. The summed E-state index contributed by atoms with van der Waals surface area (Å²) in [7, 11) is 0. The number of hydrogen-bond acceptors (Lipinski definition) is 3. The molecule has 0 aromatic heterocycles. The first-order chi connectivity index (χ1) is 4.43. The second-order valence-corrected chi connectivity index (χ2v) is 1.96. The molecular weight excluding hydrogens is 114 g/mol. The van der Waals surface area contributed by atoms with E-state index in [9.17, 15) is 0 Å². The van der Waals surface area contributed by atoms with Crippen LogP contribution in [0.4, 0.5) is 0 Å². The molecule has 0 aromatic rings. The zero-order valence-electron chi connectivity index (χ0n) is 5.28. The summed E-state index contributed by atoms with van der Waals surface area (Å²) in [6.45, 7) is 2.87. The van der Waals surface area contributed by atoms with E-state index < -0.39 is 0 Å². The van der Waals surface area contributed by atoms with Crippen LogP contribution in [0.3, 0.4) is 0 Å². The smallest absolute Gasteiger partial charge is 0.0355 e. The van der Waals surface area contributed by atoms with Crippen LogP contribution >= 0.6 is 0 Å². The highest BCUT2D eigenvalue weighted by Crippen LogP contribution is 1.87. The van der Waals surface area contributed by atoms with Gasteiger partial charge < -0.3 is 16.0 Å². The summed E-state index contributed by atoms with van der Waals surface area (Å²) in [5.41, 5.74) is 1.11. The average Bonchev–Trinajstić information content (AvgIpc) is 1.91. The zero-order valence-corrected chi connectivity index (χ0v) is 5.28. The van der Waals surface area contributed by atoms with Crippen LogP contribution in [0.25, 0.3) is 0 Å². The van der Waals surface area contributed by atoms with E-state index >= 15 is 0 Å². The lowest BCUT2D eigenvalue weighted by Crippen LogP contribution is -2.38. The quantitative estimate of drug-likeness (QED) is 0.422. The molecule has 9 heavy (non-hydrogen) atoms. The van der Waals surface area contributed by atoms with Crippen molar-refractivity contribution in [3.63, 3.8) is 0 Å². The fourth-order valence-electron chi connectivity index (χ4n) is 0.815. The molecule has 1 rings (SSSR count). The number of nitrogens with one attached hydrogen (secondary N) is 3. The van der Waals surface area contributed by atoms with Crippen molar-refractivity contribution in [3.05, 3.63) is 11.8 Å². The average molecular weight is 125 g/mol. The largest absolute Gasteiger partial charge is 0.386 e. The van der Waals surface area contributed by atoms with Gasteiger partial charge in [0.25, 0.3) is 0 Å². The number of rotatable bonds is 1. The predicted octanol–water partition coefficient (Wildman–Crippen LogP) is -0.287. The molecule has 1 aliphatic heterocycles. The Hall–Kier alpha value is -0.830. The Morgan fingerprint density at radius 3 is 2.89 bits per heavy atom. The van der Waals surface area contributed by atoms with Gasteiger partial charge >= 0.3 is 0 Å². The van der Waals surface area contributed by atoms with Crippen molar-refractivity contribution in [2.45, 2.75) is 0 Å². The third kappa shape index (κ3) is 1.85. The van der Waals surface area contributed by atoms with Crippen molar-refractivity contribution in [1.82, 2.24) is 10.6 Å². The van der Waals surface area contributed by atoms with Crippen molar-refractivity contribution < 1.29 is 0 Å². The van der Waals surface area contributed by atoms with Crippen LogP contribution in [0.5, 0.6) is 0 Å². The van der Waals surface area contributed by atoms with Crippen LogP contribution in [0.2, 0.25) is 0 Å². The third-order valence-electron chi connectivity index (χ3n) is 1.25. The molecule has 1 saturated heterocycles. The first-order valence-electron chi connectivity index (χ1n) is 3.07. The van der Waals surface area contributed by atoms with Gasteiger partial charge in [0.2, 0.25) is 0 Å². The van der Waals surface area contributed by atoms with E-state index in [0.717, 1.165) is 25.3 Å². The van der Waals surface area contributed by atoms with Gasteiger partial charge in [0.1, 0.15) is 0 Å². The summed E-state index contributed by atoms with van der Waals surface area (Å²) in [6.07, 6.45) is 3.07. The fraction of sp³-hybridized carbons (Fsp3) is 0.500. The van der Waals surface area contributed by atoms with Crippen LogP contribution in [-0.4, -0.2) is 25.8 Å². The lowest BCUT2D eigenvalue weighted by Gasteiger charge is -2.16. The molecule has 0 saturated carbocycles. The molecule has 50 valence electrons. The normalized spacial score (nSPS) is 23.3. The molecular formula is C6H11N3. The van der Waals surface area contributed by atoms with Crippen LogP contribution in [-0.2, 0) is 0 Å². The van der Waals surface area contributed by atoms with Gasteiger partial charge in [0.15, 0.2) is 0 Å². The van der Waals surface area contributed by atoms with Crippen molar-refractivity contribution in [3.8, 4) is 0 Å². The number of piperazine rings is 1. The van der Waals surface area contributed by atoms with Gasteiger partial charge in [0, 0.05) is 31.5 Å². The maximum Gasteiger partial charge on any atom is 0.0355 e. The van der Waals surface area contributed by atoms with Gasteiger partial charge in [-0.15, -0.1) is 0 Å². The first kappa shape index (κ1) is 6.29. The SMILES string of the molecule is N=C/C=C1/CNCCN1. The maximum absolute atomic E-state index is 6.77. The highest BCUT2D eigenvalue weighted by Gasteiger charge is 1.99. The van der Waals surface area contributed by atoms with E-state index in [-0.39, 0.29) is 0 Å². The number of allylic oxidation sites excluding steroid dienone is 1. The molecule has 1 heterocycles. The van der Waals surface area contributed by atoms with Crippen molar-refractivity contribution >= 4 is 6.21 Å². The molecule has 0 radical (unpaired) electrons. The molecule has 0 atom stereocenters. The van der Waals surface area contributed by atoms with E-state index in [1.807, 2.05) is 0 Å². The van der Waals surface area contributed by atoms with Crippen molar-refractivity contribution in [2.75, 3.05) is 19.6 Å². The summed E-state index contributed by atoms with van der Waals surface area (Å²) in [6, 6.07) is 0. The lowest BCUT2D eigenvalue weighted by molar-refractivity contribution is 0.599. The molecule has 3 nitrogen and oxygen atoms in total. The molecule has 0 aliphatic carbocycles. The van der Waals surface area contributed by atoms with E-state index in [4.69, 9.17) is 5.41 Å². The maximum atomic E-state index is 6.77. The molecule has 3 N–H and O–H groups in total. The second kappa shape index (κ2) is 3.25. The van der Waals surface area contributed by atoms with Gasteiger partial charge in [-0.1, -0.05) is 0 Å².